The number of hydrogen-bond donors (Lipinski definition) is 1. The molecule has 2 aromatic carbocycles. The predicted molar refractivity (Wildman–Crippen MR) is 94.6 cm³/mol. The molecule has 4 rings (SSSR count). The number of benzene rings is 2. The van der Waals surface area contributed by atoms with Gasteiger partial charge in [0.2, 0.25) is 0 Å². The molecule has 0 aromatic heterocycles. The molecule has 2 aliphatic rings. The summed E-state index contributed by atoms with van der Waals surface area (Å²) in [5.74, 6) is 0.982. The Morgan fingerprint density at radius 2 is 2.00 bits per heavy atom. The molecule has 2 aromatic rings. The average Bonchev–Trinajstić information content (AvgIpc) is 3.10. The van der Waals surface area contributed by atoms with Crippen LogP contribution in [0.1, 0.15) is 28.8 Å². The number of nitrogens with zero attached hydrogens (tertiary/aromatic N) is 1. The SMILES string of the molecule is O=C(c1cccc2c1NCCC2)N1CCC(Oc2ccccc2)C1. The van der Waals surface area contributed by atoms with E-state index in [9.17, 15) is 4.79 Å². The summed E-state index contributed by atoms with van der Waals surface area (Å²) in [4.78, 5) is 14.9. The van der Waals surface area contributed by atoms with Crippen molar-refractivity contribution in [3.8, 4) is 5.75 Å². The Balaban J connectivity index is 1.46. The lowest BCUT2D eigenvalue weighted by Crippen LogP contribution is -2.32. The lowest BCUT2D eigenvalue weighted by Gasteiger charge is -2.23. The molecular weight excluding hydrogens is 300 g/mol. The Kier molecular flexibility index (Phi) is 4.11. The average molecular weight is 322 g/mol. The first-order valence-electron chi connectivity index (χ1n) is 8.68. The maximum Gasteiger partial charge on any atom is 0.256 e. The number of rotatable bonds is 3. The van der Waals surface area contributed by atoms with Crippen molar-refractivity contribution >= 4 is 11.6 Å². The van der Waals surface area contributed by atoms with Crippen molar-refractivity contribution in [1.29, 1.82) is 0 Å². The quantitative estimate of drug-likeness (QED) is 0.942. The van der Waals surface area contributed by atoms with Gasteiger partial charge in [-0.05, 0) is 36.6 Å². The summed E-state index contributed by atoms with van der Waals surface area (Å²) in [6, 6.07) is 15.9. The smallest absolute Gasteiger partial charge is 0.256 e. The van der Waals surface area contributed by atoms with Gasteiger partial charge in [-0.15, -0.1) is 0 Å². The van der Waals surface area contributed by atoms with E-state index >= 15 is 0 Å². The fourth-order valence-electron chi connectivity index (χ4n) is 3.56. The molecule has 0 saturated carbocycles. The Morgan fingerprint density at radius 1 is 1.12 bits per heavy atom. The highest BCUT2D eigenvalue weighted by molar-refractivity contribution is 6.00. The van der Waals surface area contributed by atoms with Crippen LogP contribution in [-0.2, 0) is 6.42 Å². The third-order valence-electron chi connectivity index (χ3n) is 4.78. The van der Waals surface area contributed by atoms with Gasteiger partial charge in [0.05, 0.1) is 17.8 Å². The van der Waals surface area contributed by atoms with Crippen molar-refractivity contribution in [3.05, 3.63) is 59.7 Å². The van der Waals surface area contributed by atoms with E-state index in [2.05, 4.69) is 11.4 Å². The van der Waals surface area contributed by atoms with E-state index in [1.54, 1.807) is 0 Å². The van der Waals surface area contributed by atoms with E-state index in [-0.39, 0.29) is 12.0 Å². The number of carbonyl (C=O) groups excluding carboxylic acids is 1. The molecule has 1 saturated heterocycles. The van der Waals surface area contributed by atoms with E-state index in [4.69, 9.17) is 4.74 Å². The van der Waals surface area contributed by atoms with Gasteiger partial charge in [-0.3, -0.25) is 4.79 Å². The molecule has 4 heteroatoms. The van der Waals surface area contributed by atoms with Crippen LogP contribution < -0.4 is 10.1 Å². The number of para-hydroxylation sites is 2. The molecular formula is C20H22N2O2. The second-order valence-corrected chi connectivity index (χ2v) is 6.46. The number of aryl methyl sites for hydroxylation is 1. The number of amides is 1. The molecule has 2 heterocycles. The zero-order valence-corrected chi connectivity index (χ0v) is 13.7. The van der Waals surface area contributed by atoms with Gasteiger partial charge < -0.3 is 15.0 Å². The minimum Gasteiger partial charge on any atom is -0.489 e. The van der Waals surface area contributed by atoms with Gasteiger partial charge in [-0.25, -0.2) is 0 Å². The molecule has 1 fully saturated rings. The lowest BCUT2D eigenvalue weighted by molar-refractivity contribution is 0.0773. The highest BCUT2D eigenvalue weighted by atomic mass is 16.5. The fraction of sp³-hybridized carbons (Fsp3) is 0.350. The number of carbonyl (C=O) groups is 1. The molecule has 0 spiro atoms. The predicted octanol–water partition coefficient (Wildman–Crippen LogP) is 3.34. The monoisotopic (exact) mass is 322 g/mol. The number of nitrogens with one attached hydrogen (secondary N) is 1. The molecule has 0 aliphatic carbocycles. The van der Waals surface area contributed by atoms with Crippen LogP contribution in [0.3, 0.4) is 0 Å². The van der Waals surface area contributed by atoms with Crippen LogP contribution in [0.5, 0.6) is 5.75 Å². The first kappa shape index (κ1) is 15.1. The third-order valence-corrected chi connectivity index (χ3v) is 4.78. The number of anilines is 1. The first-order chi connectivity index (χ1) is 11.8. The summed E-state index contributed by atoms with van der Waals surface area (Å²) in [7, 11) is 0. The van der Waals surface area contributed by atoms with Crippen LogP contribution in [-0.4, -0.2) is 36.5 Å². The van der Waals surface area contributed by atoms with Gasteiger partial charge in [0.15, 0.2) is 0 Å². The van der Waals surface area contributed by atoms with E-state index in [1.807, 2.05) is 47.4 Å². The van der Waals surface area contributed by atoms with Crippen LogP contribution in [0.4, 0.5) is 5.69 Å². The molecule has 1 unspecified atom stereocenters. The van der Waals surface area contributed by atoms with E-state index in [0.29, 0.717) is 6.54 Å². The summed E-state index contributed by atoms with van der Waals surface area (Å²) in [5, 5.41) is 3.41. The Hall–Kier alpha value is -2.49. The van der Waals surface area contributed by atoms with Crippen molar-refractivity contribution < 1.29 is 9.53 Å². The minimum atomic E-state index is 0.0730. The normalized spacial score (nSPS) is 19.5. The van der Waals surface area contributed by atoms with Gasteiger partial charge >= 0.3 is 0 Å². The standard InChI is InChI=1S/C20H22N2O2/c23-20(18-10-4-6-15-7-5-12-21-19(15)18)22-13-11-17(14-22)24-16-8-2-1-3-9-16/h1-4,6,8-10,17,21H,5,7,11-14H2. The Morgan fingerprint density at radius 3 is 2.88 bits per heavy atom. The second-order valence-electron chi connectivity index (χ2n) is 6.46. The van der Waals surface area contributed by atoms with Crippen LogP contribution in [0, 0.1) is 0 Å². The van der Waals surface area contributed by atoms with Crippen LogP contribution in [0.25, 0.3) is 0 Å². The summed E-state index contributed by atoms with van der Waals surface area (Å²) in [5.41, 5.74) is 3.08. The molecule has 0 bridgehead atoms. The molecule has 1 atom stereocenters. The molecule has 1 amide bonds. The summed E-state index contributed by atoms with van der Waals surface area (Å²) in [6.07, 6.45) is 3.12. The highest BCUT2D eigenvalue weighted by Crippen LogP contribution is 2.28. The number of ether oxygens (including phenoxy) is 1. The number of fused-ring (bicyclic) bond motifs is 1. The van der Waals surface area contributed by atoms with Crippen molar-refractivity contribution in [2.45, 2.75) is 25.4 Å². The Bertz CT molecular complexity index is 730. The first-order valence-corrected chi connectivity index (χ1v) is 8.68. The topological polar surface area (TPSA) is 41.6 Å². The molecule has 1 N–H and O–H groups in total. The molecule has 124 valence electrons. The third kappa shape index (κ3) is 2.96. The molecule has 4 nitrogen and oxygen atoms in total. The lowest BCUT2D eigenvalue weighted by atomic mass is 9.99. The van der Waals surface area contributed by atoms with Crippen molar-refractivity contribution in [3.63, 3.8) is 0 Å². The van der Waals surface area contributed by atoms with E-state index in [0.717, 1.165) is 49.4 Å². The highest BCUT2D eigenvalue weighted by Gasteiger charge is 2.30. The summed E-state index contributed by atoms with van der Waals surface area (Å²) < 4.78 is 5.99. The Labute approximate surface area is 142 Å². The van der Waals surface area contributed by atoms with Gasteiger partial charge in [-0.2, -0.15) is 0 Å². The van der Waals surface area contributed by atoms with Crippen molar-refractivity contribution in [2.24, 2.45) is 0 Å². The molecule has 24 heavy (non-hydrogen) atoms. The van der Waals surface area contributed by atoms with Crippen LogP contribution in [0.15, 0.2) is 48.5 Å². The van der Waals surface area contributed by atoms with Crippen LogP contribution in [0.2, 0.25) is 0 Å². The largest absolute Gasteiger partial charge is 0.489 e. The fourth-order valence-corrected chi connectivity index (χ4v) is 3.56. The zero-order valence-electron chi connectivity index (χ0n) is 13.7. The molecule has 0 radical (unpaired) electrons. The number of likely N-dealkylation sites (tertiary alicyclic amines) is 1. The summed E-state index contributed by atoms with van der Waals surface area (Å²) in [6.45, 7) is 2.34. The maximum atomic E-state index is 12.9. The number of hydrogen-bond acceptors (Lipinski definition) is 3. The van der Waals surface area contributed by atoms with Gasteiger partial charge in [0, 0.05) is 19.5 Å². The van der Waals surface area contributed by atoms with Gasteiger partial charge in [0.25, 0.3) is 5.91 Å². The van der Waals surface area contributed by atoms with Gasteiger partial charge in [-0.1, -0.05) is 30.3 Å². The van der Waals surface area contributed by atoms with Crippen molar-refractivity contribution in [2.75, 3.05) is 25.0 Å². The van der Waals surface area contributed by atoms with Gasteiger partial charge in [0.1, 0.15) is 11.9 Å². The van der Waals surface area contributed by atoms with E-state index < -0.39 is 0 Å². The molecule has 2 aliphatic heterocycles. The maximum absolute atomic E-state index is 12.9. The second kappa shape index (κ2) is 6.56. The zero-order chi connectivity index (χ0) is 16.4. The van der Waals surface area contributed by atoms with Crippen molar-refractivity contribution in [1.82, 2.24) is 4.90 Å². The van der Waals surface area contributed by atoms with Crippen LogP contribution >= 0.6 is 0 Å². The summed E-state index contributed by atoms with van der Waals surface area (Å²) >= 11 is 0. The van der Waals surface area contributed by atoms with E-state index in [1.165, 1.54) is 5.56 Å². The minimum absolute atomic E-state index is 0.0730.